The Morgan fingerprint density at radius 2 is 2.19 bits per heavy atom. The van der Waals surface area contributed by atoms with Gasteiger partial charge >= 0.3 is 6.09 Å². The molecule has 1 aliphatic heterocycles. The van der Waals surface area contributed by atoms with Crippen molar-refractivity contribution in [3.63, 3.8) is 0 Å². The highest BCUT2D eigenvalue weighted by molar-refractivity contribution is 6.32. The van der Waals surface area contributed by atoms with E-state index in [1.165, 1.54) is 6.33 Å². The molecule has 114 valence electrons. The average molecular weight is 313 g/mol. The first kappa shape index (κ1) is 15.5. The van der Waals surface area contributed by atoms with E-state index >= 15 is 0 Å². The number of nitrogens with one attached hydrogen (secondary N) is 2. The molecule has 1 aromatic rings. The van der Waals surface area contributed by atoms with Crippen molar-refractivity contribution in [2.24, 2.45) is 0 Å². The quantitative estimate of drug-likeness (QED) is 0.773. The number of anilines is 1. The molecule has 8 heteroatoms. The Bertz CT molecular complexity index is 571. The van der Waals surface area contributed by atoms with Crippen LogP contribution in [0.25, 0.3) is 0 Å². The lowest BCUT2D eigenvalue weighted by molar-refractivity contribution is -0.118. The van der Waals surface area contributed by atoms with Gasteiger partial charge in [-0.3, -0.25) is 4.79 Å². The number of carbonyl (C=O) groups is 2. The van der Waals surface area contributed by atoms with Gasteiger partial charge in [-0.15, -0.1) is 0 Å². The van der Waals surface area contributed by atoms with Crippen LogP contribution >= 0.6 is 11.6 Å². The monoisotopic (exact) mass is 312 g/mol. The standard InChI is InChI=1S/C13H17ClN4O3/c1-13(2,3)21-12(20)17-8-5-4-7-9(18-11(8)19)10(14)16-6-15-7/h6,8H,4-5H2,1-3H3,(H,17,20)(H,18,19)/t8-/m0/s1. The zero-order valence-electron chi connectivity index (χ0n) is 12.1. The third kappa shape index (κ3) is 4.04. The van der Waals surface area contributed by atoms with Gasteiger partial charge in [0, 0.05) is 0 Å². The number of aryl methyl sites for hydroxylation is 1. The number of fused-ring (bicyclic) bond motifs is 1. The van der Waals surface area contributed by atoms with E-state index in [-0.39, 0.29) is 11.1 Å². The normalized spacial score (nSPS) is 18.3. The number of carbonyl (C=O) groups excluding carboxylic acids is 2. The fourth-order valence-corrected chi connectivity index (χ4v) is 2.12. The Kier molecular flexibility index (Phi) is 4.32. The van der Waals surface area contributed by atoms with E-state index in [0.29, 0.717) is 24.2 Å². The number of hydrogen-bond acceptors (Lipinski definition) is 5. The highest BCUT2D eigenvalue weighted by atomic mass is 35.5. The molecule has 0 radical (unpaired) electrons. The van der Waals surface area contributed by atoms with Crippen LogP contribution < -0.4 is 10.6 Å². The Hall–Kier alpha value is -1.89. The summed E-state index contributed by atoms with van der Waals surface area (Å²) >= 11 is 5.94. The number of hydrogen-bond donors (Lipinski definition) is 2. The Balaban J connectivity index is 2.07. The van der Waals surface area contributed by atoms with E-state index in [2.05, 4.69) is 20.6 Å². The molecule has 1 aliphatic rings. The molecule has 2 amide bonds. The van der Waals surface area contributed by atoms with Crippen LogP contribution in [0.4, 0.5) is 10.5 Å². The lowest BCUT2D eigenvalue weighted by atomic mass is 10.1. The number of ether oxygens (including phenoxy) is 1. The van der Waals surface area contributed by atoms with Crippen molar-refractivity contribution in [2.75, 3.05) is 5.32 Å². The number of amides is 2. The number of aromatic nitrogens is 2. The van der Waals surface area contributed by atoms with Gasteiger partial charge in [-0.05, 0) is 33.6 Å². The van der Waals surface area contributed by atoms with Crippen LogP contribution in [0.1, 0.15) is 32.9 Å². The van der Waals surface area contributed by atoms with E-state index in [9.17, 15) is 9.59 Å². The second-order valence-electron chi connectivity index (χ2n) is 5.71. The zero-order chi connectivity index (χ0) is 15.6. The summed E-state index contributed by atoms with van der Waals surface area (Å²) in [4.78, 5) is 31.8. The van der Waals surface area contributed by atoms with Gasteiger partial charge < -0.3 is 15.4 Å². The van der Waals surface area contributed by atoms with Crippen LogP contribution in [-0.2, 0) is 16.0 Å². The fourth-order valence-electron chi connectivity index (χ4n) is 1.92. The molecule has 2 N–H and O–H groups in total. The van der Waals surface area contributed by atoms with Crippen molar-refractivity contribution >= 4 is 29.3 Å². The summed E-state index contributed by atoms with van der Waals surface area (Å²) < 4.78 is 5.15. The minimum Gasteiger partial charge on any atom is -0.444 e. The molecule has 7 nitrogen and oxygen atoms in total. The molecular formula is C13H17ClN4O3. The van der Waals surface area contributed by atoms with Crippen LogP contribution in [0.5, 0.6) is 0 Å². The van der Waals surface area contributed by atoms with E-state index in [1.54, 1.807) is 20.8 Å². The third-order valence-corrected chi connectivity index (χ3v) is 3.09. The molecule has 1 atom stereocenters. The number of alkyl carbamates (subject to hydrolysis) is 1. The van der Waals surface area contributed by atoms with Gasteiger partial charge in [0.1, 0.15) is 23.7 Å². The molecule has 2 rings (SSSR count). The Morgan fingerprint density at radius 3 is 2.86 bits per heavy atom. The summed E-state index contributed by atoms with van der Waals surface area (Å²) in [7, 11) is 0. The fraction of sp³-hybridized carbons (Fsp3) is 0.538. The van der Waals surface area contributed by atoms with Gasteiger partial charge in [0.05, 0.1) is 5.69 Å². The summed E-state index contributed by atoms with van der Waals surface area (Å²) in [6, 6.07) is -0.704. The van der Waals surface area contributed by atoms with E-state index in [4.69, 9.17) is 16.3 Å². The lowest BCUT2D eigenvalue weighted by Gasteiger charge is -2.22. The first-order chi connectivity index (χ1) is 9.76. The highest BCUT2D eigenvalue weighted by Crippen LogP contribution is 2.26. The smallest absolute Gasteiger partial charge is 0.408 e. The summed E-state index contributed by atoms with van der Waals surface area (Å²) in [5.74, 6) is -0.365. The lowest BCUT2D eigenvalue weighted by Crippen LogP contribution is -2.45. The third-order valence-electron chi connectivity index (χ3n) is 2.80. The van der Waals surface area contributed by atoms with Crippen LogP contribution in [0.2, 0.25) is 5.15 Å². The Labute approximate surface area is 127 Å². The predicted octanol–water partition coefficient (Wildman–Crippen LogP) is 1.91. The first-order valence-corrected chi connectivity index (χ1v) is 6.94. The summed E-state index contributed by atoms with van der Waals surface area (Å²) in [6.07, 6.45) is 1.61. The summed E-state index contributed by atoms with van der Waals surface area (Å²) in [5.41, 5.74) is 0.428. The molecule has 0 unspecified atom stereocenters. The predicted molar refractivity (Wildman–Crippen MR) is 77.2 cm³/mol. The van der Waals surface area contributed by atoms with Gasteiger partial charge in [-0.25, -0.2) is 14.8 Å². The molecule has 0 saturated carbocycles. The second-order valence-corrected chi connectivity index (χ2v) is 6.07. The van der Waals surface area contributed by atoms with E-state index < -0.39 is 17.7 Å². The molecule has 1 aromatic heterocycles. The first-order valence-electron chi connectivity index (χ1n) is 6.56. The maximum atomic E-state index is 12.1. The van der Waals surface area contributed by atoms with Crippen molar-refractivity contribution in [1.29, 1.82) is 0 Å². The van der Waals surface area contributed by atoms with Crippen molar-refractivity contribution in [3.05, 3.63) is 17.2 Å². The highest BCUT2D eigenvalue weighted by Gasteiger charge is 2.28. The van der Waals surface area contributed by atoms with E-state index in [1.807, 2.05) is 0 Å². The molecule has 2 heterocycles. The largest absolute Gasteiger partial charge is 0.444 e. The minimum atomic E-state index is -0.704. The molecule has 0 fully saturated rings. The summed E-state index contributed by atoms with van der Waals surface area (Å²) in [6.45, 7) is 5.26. The topological polar surface area (TPSA) is 93.2 Å². The number of halogens is 1. The molecule has 0 aromatic carbocycles. The van der Waals surface area contributed by atoms with Crippen LogP contribution in [0, 0.1) is 0 Å². The van der Waals surface area contributed by atoms with Gasteiger partial charge in [0.2, 0.25) is 5.91 Å². The molecule has 0 saturated heterocycles. The molecular weight excluding hydrogens is 296 g/mol. The van der Waals surface area contributed by atoms with Crippen molar-refractivity contribution in [2.45, 2.75) is 45.3 Å². The maximum Gasteiger partial charge on any atom is 0.408 e. The second kappa shape index (κ2) is 5.85. The maximum absolute atomic E-state index is 12.1. The SMILES string of the molecule is CC(C)(C)OC(=O)N[C@H]1CCc2ncnc(Cl)c2NC1=O. The van der Waals surface area contributed by atoms with Gasteiger partial charge in [0.15, 0.2) is 5.15 Å². The molecule has 0 aliphatic carbocycles. The summed E-state index contributed by atoms with van der Waals surface area (Å²) in [5, 5.41) is 5.38. The van der Waals surface area contributed by atoms with Crippen LogP contribution in [0.15, 0.2) is 6.33 Å². The van der Waals surface area contributed by atoms with Gasteiger partial charge in [-0.1, -0.05) is 11.6 Å². The van der Waals surface area contributed by atoms with Crippen molar-refractivity contribution < 1.29 is 14.3 Å². The average Bonchev–Trinajstić information content (AvgIpc) is 2.49. The number of rotatable bonds is 1. The van der Waals surface area contributed by atoms with Crippen LogP contribution in [0.3, 0.4) is 0 Å². The van der Waals surface area contributed by atoms with Crippen molar-refractivity contribution in [3.8, 4) is 0 Å². The van der Waals surface area contributed by atoms with E-state index in [0.717, 1.165) is 0 Å². The Morgan fingerprint density at radius 1 is 1.48 bits per heavy atom. The van der Waals surface area contributed by atoms with Gasteiger partial charge in [-0.2, -0.15) is 0 Å². The minimum absolute atomic E-state index is 0.186. The molecule has 0 bridgehead atoms. The molecule has 0 spiro atoms. The zero-order valence-corrected chi connectivity index (χ0v) is 12.8. The number of nitrogens with zero attached hydrogens (tertiary/aromatic N) is 2. The molecule has 21 heavy (non-hydrogen) atoms. The van der Waals surface area contributed by atoms with Crippen LogP contribution in [-0.4, -0.2) is 33.6 Å². The van der Waals surface area contributed by atoms with Gasteiger partial charge in [0.25, 0.3) is 0 Å². The van der Waals surface area contributed by atoms with Crippen molar-refractivity contribution in [1.82, 2.24) is 15.3 Å².